The van der Waals surface area contributed by atoms with Crippen LogP contribution < -0.4 is 10.1 Å². The number of hydrogen-bond acceptors (Lipinski definition) is 5. The second kappa shape index (κ2) is 7.92. The Labute approximate surface area is 117 Å². The minimum absolute atomic E-state index is 0.174. The van der Waals surface area contributed by atoms with Gasteiger partial charge in [-0.2, -0.15) is 23.5 Å². The van der Waals surface area contributed by atoms with Gasteiger partial charge in [-0.25, -0.2) is 0 Å². The molecule has 0 unspecified atom stereocenters. The second-order valence-electron chi connectivity index (χ2n) is 4.37. The summed E-state index contributed by atoms with van der Waals surface area (Å²) < 4.78 is 5.80. The summed E-state index contributed by atoms with van der Waals surface area (Å²) in [6, 6.07) is 4.46. The summed E-state index contributed by atoms with van der Waals surface area (Å²) >= 11 is 4.09. The van der Waals surface area contributed by atoms with Crippen LogP contribution in [0.2, 0.25) is 0 Å². The Morgan fingerprint density at radius 3 is 2.89 bits per heavy atom. The first-order valence-corrected chi connectivity index (χ1v) is 8.61. The molecule has 1 fully saturated rings. The van der Waals surface area contributed by atoms with Crippen molar-refractivity contribution in [3.05, 3.63) is 24.5 Å². The van der Waals surface area contributed by atoms with Crippen LogP contribution in [-0.4, -0.2) is 46.7 Å². The van der Waals surface area contributed by atoms with Gasteiger partial charge in [-0.3, -0.25) is 4.98 Å². The quantitative estimate of drug-likeness (QED) is 0.897. The molecule has 0 bridgehead atoms. The molecule has 0 radical (unpaired) electrons. The highest BCUT2D eigenvalue weighted by atomic mass is 32.2. The molecule has 5 heteroatoms. The largest absolute Gasteiger partial charge is 0.488 e. The Bertz CT molecular complexity index is 329. The first-order valence-electron chi connectivity index (χ1n) is 6.30. The van der Waals surface area contributed by atoms with E-state index >= 15 is 0 Å². The third-order valence-corrected chi connectivity index (χ3v) is 5.20. The van der Waals surface area contributed by atoms with E-state index in [1.54, 1.807) is 12.4 Å². The van der Waals surface area contributed by atoms with Gasteiger partial charge in [0.05, 0.1) is 6.20 Å². The van der Waals surface area contributed by atoms with Crippen LogP contribution in [0, 0.1) is 0 Å². The van der Waals surface area contributed by atoms with Gasteiger partial charge in [0.1, 0.15) is 11.9 Å². The van der Waals surface area contributed by atoms with Gasteiger partial charge in [0.15, 0.2) is 0 Å². The zero-order valence-corrected chi connectivity index (χ0v) is 12.3. The van der Waals surface area contributed by atoms with Crippen molar-refractivity contribution in [1.29, 1.82) is 0 Å². The van der Waals surface area contributed by atoms with Crippen molar-refractivity contribution >= 4 is 23.5 Å². The van der Waals surface area contributed by atoms with E-state index in [1.165, 1.54) is 23.0 Å². The molecule has 0 aromatic carbocycles. The van der Waals surface area contributed by atoms with Crippen molar-refractivity contribution < 1.29 is 4.74 Å². The third kappa shape index (κ3) is 5.08. The molecule has 1 aliphatic rings. The van der Waals surface area contributed by atoms with Gasteiger partial charge in [-0.1, -0.05) is 0 Å². The summed E-state index contributed by atoms with van der Waals surface area (Å²) in [5, 5.41) is 3.59. The molecule has 1 aromatic rings. The second-order valence-corrected chi connectivity index (χ2v) is 6.67. The molecule has 0 aliphatic carbocycles. The van der Waals surface area contributed by atoms with Gasteiger partial charge in [-0.15, -0.1) is 0 Å². The van der Waals surface area contributed by atoms with Crippen molar-refractivity contribution in [1.82, 2.24) is 10.3 Å². The number of ether oxygens (including phenoxy) is 1. The molecular formula is C13H20N2OS2. The Morgan fingerprint density at radius 2 is 2.22 bits per heavy atom. The highest BCUT2D eigenvalue weighted by molar-refractivity contribution is 8.03. The minimum Gasteiger partial charge on any atom is -0.488 e. The number of hydrogen-bond donors (Lipinski definition) is 1. The number of rotatable bonds is 5. The van der Waals surface area contributed by atoms with Crippen molar-refractivity contribution in [3.8, 4) is 5.75 Å². The molecule has 0 spiro atoms. The first kappa shape index (κ1) is 14.0. The number of nitrogens with one attached hydrogen (secondary N) is 1. The van der Waals surface area contributed by atoms with E-state index < -0.39 is 0 Å². The third-order valence-electron chi connectivity index (χ3n) is 2.68. The van der Waals surface area contributed by atoms with Crippen LogP contribution in [0.1, 0.15) is 6.92 Å². The lowest BCUT2D eigenvalue weighted by Gasteiger charge is -2.20. The van der Waals surface area contributed by atoms with Crippen LogP contribution >= 0.6 is 23.5 Å². The Morgan fingerprint density at radius 1 is 1.44 bits per heavy atom. The molecule has 1 N–H and O–H groups in total. The molecule has 18 heavy (non-hydrogen) atoms. The average molecular weight is 284 g/mol. The first-order chi connectivity index (χ1) is 8.84. The van der Waals surface area contributed by atoms with Crippen LogP contribution in [0.5, 0.6) is 5.75 Å². The SMILES string of the molecule is C[C@H](CNC1CSCCSC1)Oc1cccnc1. The van der Waals surface area contributed by atoms with E-state index in [1.807, 2.05) is 35.7 Å². The lowest BCUT2D eigenvalue weighted by molar-refractivity contribution is 0.213. The number of nitrogens with zero attached hydrogens (tertiary/aromatic N) is 1. The summed E-state index contributed by atoms with van der Waals surface area (Å²) in [6.45, 7) is 2.98. The predicted molar refractivity (Wildman–Crippen MR) is 80.8 cm³/mol. The van der Waals surface area contributed by atoms with E-state index in [0.717, 1.165) is 12.3 Å². The predicted octanol–water partition coefficient (Wildman–Crippen LogP) is 2.29. The molecule has 1 aromatic heterocycles. The van der Waals surface area contributed by atoms with Gasteiger partial charge in [0, 0.05) is 41.8 Å². The van der Waals surface area contributed by atoms with Crippen LogP contribution in [0.4, 0.5) is 0 Å². The normalized spacial score (nSPS) is 19.2. The maximum Gasteiger partial charge on any atom is 0.138 e. The molecule has 3 nitrogen and oxygen atoms in total. The molecule has 1 aliphatic heterocycles. The van der Waals surface area contributed by atoms with Crippen molar-refractivity contribution in [2.75, 3.05) is 29.6 Å². The van der Waals surface area contributed by atoms with Crippen molar-refractivity contribution in [2.45, 2.75) is 19.1 Å². The lowest BCUT2D eigenvalue weighted by atomic mass is 10.3. The molecule has 1 atom stereocenters. The number of pyridine rings is 1. The van der Waals surface area contributed by atoms with E-state index in [2.05, 4.69) is 17.2 Å². The van der Waals surface area contributed by atoms with Crippen LogP contribution in [-0.2, 0) is 0 Å². The summed E-state index contributed by atoms with van der Waals surface area (Å²) in [6.07, 6.45) is 3.69. The van der Waals surface area contributed by atoms with E-state index in [0.29, 0.717) is 6.04 Å². The monoisotopic (exact) mass is 284 g/mol. The Kier molecular flexibility index (Phi) is 6.17. The summed E-state index contributed by atoms with van der Waals surface area (Å²) in [4.78, 5) is 4.05. The molecular weight excluding hydrogens is 264 g/mol. The van der Waals surface area contributed by atoms with Gasteiger partial charge in [-0.05, 0) is 19.1 Å². The van der Waals surface area contributed by atoms with E-state index in [-0.39, 0.29) is 6.10 Å². The summed E-state index contributed by atoms with van der Waals surface area (Å²) in [5.41, 5.74) is 0. The van der Waals surface area contributed by atoms with Crippen LogP contribution in [0.3, 0.4) is 0 Å². The maximum atomic E-state index is 5.80. The van der Waals surface area contributed by atoms with E-state index in [4.69, 9.17) is 4.74 Å². The zero-order valence-electron chi connectivity index (χ0n) is 10.7. The Balaban J connectivity index is 1.69. The molecule has 100 valence electrons. The van der Waals surface area contributed by atoms with Crippen molar-refractivity contribution in [2.24, 2.45) is 0 Å². The average Bonchev–Trinajstić information content (AvgIpc) is 2.66. The zero-order chi connectivity index (χ0) is 12.6. The maximum absolute atomic E-state index is 5.80. The van der Waals surface area contributed by atoms with Gasteiger partial charge in [0.2, 0.25) is 0 Å². The van der Waals surface area contributed by atoms with Crippen molar-refractivity contribution in [3.63, 3.8) is 0 Å². The standard InChI is InChI=1S/C13H20N2OS2/c1-11(16-13-3-2-4-14-8-13)7-15-12-9-17-5-6-18-10-12/h2-4,8,11-12,15H,5-7,9-10H2,1H3/t11-/m1/s1. The molecule has 0 amide bonds. The smallest absolute Gasteiger partial charge is 0.138 e. The fourth-order valence-corrected chi connectivity index (χ4v) is 4.22. The summed E-state index contributed by atoms with van der Waals surface area (Å²) in [7, 11) is 0. The van der Waals surface area contributed by atoms with Crippen LogP contribution in [0.25, 0.3) is 0 Å². The molecule has 0 saturated carbocycles. The van der Waals surface area contributed by atoms with E-state index in [9.17, 15) is 0 Å². The highest BCUT2D eigenvalue weighted by Gasteiger charge is 2.13. The fourth-order valence-electron chi connectivity index (χ4n) is 1.76. The topological polar surface area (TPSA) is 34.1 Å². The highest BCUT2D eigenvalue weighted by Crippen LogP contribution is 2.16. The van der Waals surface area contributed by atoms with Gasteiger partial charge >= 0.3 is 0 Å². The fraction of sp³-hybridized carbons (Fsp3) is 0.615. The minimum atomic E-state index is 0.174. The van der Waals surface area contributed by atoms with Gasteiger partial charge < -0.3 is 10.1 Å². The molecule has 2 rings (SSSR count). The van der Waals surface area contributed by atoms with Crippen LogP contribution in [0.15, 0.2) is 24.5 Å². The Hall–Kier alpha value is -0.390. The molecule has 2 heterocycles. The summed E-state index contributed by atoms with van der Waals surface area (Å²) in [5.74, 6) is 5.84. The number of aromatic nitrogens is 1. The molecule has 1 saturated heterocycles. The van der Waals surface area contributed by atoms with Gasteiger partial charge in [0.25, 0.3) is 0 Å². The lowest BCUT2D eigenvalue weighted by Crippen LogP contribution is -2.39. The number of thioether (sulfide) groups is 2.